The number of carbonyl (C=O) groups is 2. The molecule has 0 unspecified atom stereocenters. The average Bonchev–Trinajstić information content (AvgIpc) is 3.10. The van der Waals surface area contributed by atoms with Crippen molar-refractivity contribution in [2.24, 2.45) is 0 Å². The molecule has 2 amide bonds. The van der Waals surface area contributed by atoms with Crippen LogP contribution in [0.3, 0.4) is 0 Å². The van der Waals surface area contributed by atoms with Crippen molar-refractivity contribution >= 4 is 41.0 Å². The van der Waals surface area contributed by atoms with Gasteiger partial charge in [-0.2, -0.15) is 4.98 Å². The zero-order valence-electron chi connectivity index (χ0n) is 14.7. The van der Waals surface area contributed by atoms with E-state index in [1.807, 2.05) is 30.3 Å². The third-order valence-corrected chi connectivity index (χ3v) is 4.69. The highest BCUT2D eigenvalue weighted by Gasteiger charge is 2.29. The second-order valence-electron chi connectivity index (χ2n) is 6.26. The summed E-state index contributed by atoms with van der Waals surface area (Å²) in [5.41, 5.74) is 0.519. The molecule has 2 heterocycles. The summed E-state index contributed by atoms with van der Waals surface area (Å²) >= 11 is 5.77. The number of amides is 2. The zero-order valence-corrected chi connectivity index (χ0v) is 15.5. The number of hydrogen-bond acceptors (Lipinski definition) is 6. The SMILES string of the molecule is O=C1C[C@@H](c2ccccc2)n2nc(NC(=O)c3ccc(Cl)c([N+](=O)[O-])c3)nc2N1. The maximum Gasteiger partial charge on any atom is 0.288 e. The van der Waals surface area contributed by atoms with E-state index >= 15 is 0 Å². The molecule has 0 saturated heterocycles. The molecule has 0 saturated carbocycles. The van der Waals surface area contributed by atoms with E-state index in [1.165, 1.54) is 16.8 Å². The second kappa shape index (κ2) is 7.32. The van der Waals surface area contributed by atoms with Crippen molar-refractivity contribution in [1.82, 2.24) is 14.8 Å². The minimum atomic E-state index is -0.674. The van der Waals surface area contributed by atoms with Crippen molar-refractivity contribution in [2.75, 3.05) is 10.6 Å². The number of rotatable bonds is 4. The first-order chi connectivity index (χ1) is 13.9. The molecular formula is C18H13ClN6O4. The van der Waals surface area contributed by atoms with Gasteiger partial charge in [-0.15, -0.1) is 5.10 Å². The van der Waals surface area contributed by atoms with Crippen molar-refractivity contribution in [3.05, 3.63) is 74.8 Å². The van der Waals surface area contributed by atoms with E-state index in [0.717, 1.165) is 11.6 Å². The second-order valence-corrected chi connectivity index (χ2v) is 6.67. The van der Waals surface area contributed by atoms with Gasteiger partial charge in [0.1, 0.15) is 5.02 Å². The van der Waals surface area contributed by atoms with Gasteiger partial charge in [0.15, 0.2) is 0 Å². The Morgan fingerprint density at radius 2 is 2.03 bits per heavy atom. The van der Waals surface area contributed by atoms with Crippen LogP contribution in [-0.4, -0.2) is 31.5 Å². The molecule has 1 aliphatic rings. The summed E-state index contributed by atoms with van der Waals surface area (Å²) in [6.07, 6.45) is 0.178. The maximum atomic E-state index is 12.5. The Morgan fingerprint density at radius 1 is 1.28 bits per heavy atom. The van der Waals surface area contributed by atoms with E-state index in [4.69, 9.17) is 11.6 Å². The molecule has 4 rings (SSSR count). The van der Waals surface area contributed by atoms with Gasteiger partial charge < -0.3 is 0 Å². The van der Waals surface area contributed by atoms with E-state index in [0.29, 0.717) is 0 Å². The summed E-state index contributed by atoms with van der Waals surface area (Å²) in [6.45, 7) is 0. The molecular weight excluding hydrogens is 400 g/mol. The normalized spacial score (nSPS) is 15.3. The van der Waals surface area contributed by atoms with E-state index in [9.17, 15) is 19.7 Å². The highest BCUT2D eigenvalue weighted by molar-refractivity contribution is 6.32. The van der Waals surface area contributed by atoms with Crippen LogP contribution < -0.4 is 10.6 Å². The topological polar surface area (TPSA) is 132 Å². The minimum Gasteiger partial charge on any atom is -0.295 e. The number of nitrogens with one attached hydrogen (secondary N) is 2. The molecule has 3 aromatic rings. The molecule has 1 aliphatic heterocycles. The van der Waals surface area contributed by atoms with Crippen LogP contribution in [0.2, 0.25) is 5.02 Å². The molecule has 29 heavy (non-hydrogen) atoms. The Morgan fingerprint density at radius 3 is 2.76 bits per heavy atom. The molecule has 10 nitrogen and oxygen atoms in total. The van der Waals surface area contributed by atoms with Gasteiger partial charge in [-0.3, -0.25) is 30.3 Å². The number of benzene rings is 2. The maximum absolute atomic E-state index is 12.5. The van der Waals surface area contributed by atoms with Gasteiger partial charge in [-0.05, 0) is 17.7 Å². The van der Waals surface area contributed by atoms with E-state index in [-0.39, 0.29) is 46.5 Å². The predicted molar refractivity (Wildman–Crippen MR) is 104 cm³/mol. The lowest BCUT2D eigenvalue weighted by Crippen LogP contribution is -2.29. The van der Waals surface area contributed by atoms with E-state index in [1.54, 1.807) is 0 Å². The van der Waals surface area contributed by atoms with Gasteiger partial charge in [0.05, 0.1) is 17.4 Å². The third-order valence-electron chi connectivity index (χ3n) is 4.37. The van der Waals surface area contributed by atoms with E-state index in [2.05, 4.69) is 20.7 Å². The molecule has 146 valence electrons. The lowest BCUT2D eigenvalue weighted by atomic mass is 10.0. The minimum absolute atomic E-state index is 0.0255. The first-order valence-electron chi connectivity index (χ1n) is 8.49. The van der Waals surface area contributed by atoms with Crippen molar-refractivity contribution in [3.63, 3.8) is 0 Å². The fourth-order valence-electron chi connectivity index (χ4n) is 3.02. The van der Waals surface area contributed by atoms with Crippen LogP contribution in [-0.2, 0) is 4.79 Å². The molecule has 0 fully saturated rings. The summed E-state index contributed by atoms with van der Waals surface area (Å²) in [7, 11) is 0. The van der Waals surface area contributed by atoms with Crippen LogP contribution in [0.25, 0.3) is 0 Å². The first kappa shape index (κ1) is 18.6. The number of nitro benzene ring substituents is 1. The fourth-order valence-corrected chi connectivity index (χ4v) is 3.20. The van der Waals surface area contributed by atoms with E-state index < -0.39 is 10.8 Å². The van der Waals surface area contributed by atoms with Crippen LogP contribution in [0, 0.1) is 10.1 Å². The van der Waals surface area contributed by atoms with Crippen LogP contribution in [0.5, 0.6) is 0 Å². The highest BCUT2D eigenvalue weighted by atomic mass is 35.5. The Labute approximate surface area is 168 Å². The standard InChI is InChI=1S/C18H13ClN6O4/c19-12-7-6-11(8-14(12)25(28)29)16(27)21-17-22-18-20-15(26)9-13(24(18)23-17)10-4-2-1-3-5-10/h1-8,13H,9H2,(H2,20,21,22,23,26,27)/t13-/m0/s1. The molecule has 2 aromatic carbocycles. The number of fused-ring (bicyclic) bond motifs is 1. The number of aromatic nitrogens is 3. The molecule has 0 radical (unpaired) electrons. The number of anilines is 2. The Bertz CT molecular complexity index is 1130. The van der Waals surface area contributed by atoms with Crippen LogP contribution in [0.15, 0.2) is 48.5 Å². The van der Waals surface area contributed by atoms with Crippen LogP contribution >= 0.6 is 11.6 Å². The fraction of sp³-hybridized carbons (Fsp3) is 0.111. The summed E-state index contributed by atoms with van der Waals surface area (Å²) in [5, 5.41) is 20.3. The first-order valence-corrected chi connectivity index (χ1v) is 8.87. The predicted octanol–water partition coefficient (Wildman–Crippen LogP) is 3.02. The van der Waals surface area contributed by atoms with Gasteiger partial charge in [0.2, 0.25) is 11.9 Å². The third kappa shape index (κ3) is 3.65. The lowest BCUT2D eigenvalue weighted by Gasteiger charge is -2.23. The van der Waals surface area contributed by atoms with Crippen LogP contribution in [0.1, 0.15) is 28.4 Å². The van der Waals surface area contributed by atoms with Crippen LogP contribution in [0.4, 0.5) is 17.6 Å². The molecule has 2 N–H and O–H groups in total. The molecule has 0 aliphatic carbocycles. The number of nitro groups is 1. The Kier molecular flexibility index (Phi) is 4.69. The summed E-state index contributed by atoms with van der Waals surface area (Å²) in [4.78, 5) is 39.0. The summed E-state index contributed by atoms with van der Waals surface area (Å²) < 4.78 is 1.52. The van der Waals surface area contributed by atoms with Gasteiger partial charge in [-0.25, -0.2) is 4.68 Å². The van der Waals surface area contributed by atoms with Crippen molar-refractivity contribution in [1.29, 1.82) is 0 Å². The number of hydrogen-bond donors (Lipinski definition) is 2. The van der Waals surface area contributed by atoms with Crippen molar-refractivity contribution in [3.8, 4) is 0 Å². The lowest BCUT2D eigenvalue weighted by molar-refractivity contribution is -0.384. The molecule has 1 atom stereocenters. The quantitative estimate of drug-likeness (QED) is 0.500. The molecule has 1 aromatic heterocycles. The highest BCUT2D eigenvalue weighted by Crippen LogP contribution is 2.30. The van der Waals surface area contributed by atoms with Crippen molar-refractivity contribution in [2.45, 2.75) is 12.5 Å². The van der Waals surface area contributed by atoms with Gasteiger partial charge in [0, 0.05) is 11.6 Å². The summed E-state index contributed by atoms with van der Waals surface area (Å²) in [6, 6.07) is 12.7. The molecule has 0 bridgehead atoms. The molecule has 11 heteroatoms. The zero-order chi connectivity index (χ0) is 20.5. The van der Waals surface area contributed by atoms with Gasteiger partial charge in [0.25, 0.3) is 17.5 Å². The smallest absolute Gasteiger partial charge is 0.288 e. The number of nitrogens with zero attached hydrogens (tertiary/aromatic N) is 4. The van der Waals surface area contributed by atoms with Gasteiger partial charge >= 0.3 is 0 Å². The Balaban J connectivity index is 1.62. The average molecular weight is 413 g/mol. The summed E-state index contributed by atoms with van der Waals surface area (Å²) in [5.74, 6) is -0.696. The number of carbonyl (C=O) groups excluding carboxylic acids is 2. The Hall–Kier alpha value is -3.79. The van der Waals surface area contributed by atoms with Gasteiger partial charge in [-0.1, -0.05) is 41.9 Å². The monoisotopic (exact) mass is 412 g/mol. The number of halogens is 1. The van der Waals surface area contributed by atoms with Crippen molar-refractivity contribution < 1.29 is 14.5 Å². The largest absolute Gasteiger partial charge is 0.295 e. The molecule has 0 spiro atoms.